The van der Waals surface area contributed by atoms with Crippen molar-refractivity contribution in [1.29, 1.82) is 0 Å². The maximum Gasteiger partial charge on any atom is 0.280 e. The molecule has 0 spiro atoms. The second-order valence-electron chi connectivity index (χ2n) is 6.68. The Morgan fingerprint density at radius 3 is 2.79 bits per heavy atom. The van der Waals surface area contributed by atoms with E-state index in [-0.39, 0.29) is 5.56 Å². The van der Waals surface area contributed by atoms with E-state index >= 15 is 0 Å². The maximum absolute atomic E-state index is 13.0. The van der Waals surface area contributed by atoms with Gasteiger partial charge in [-0.2, -0.15) is 0 Å². The van der Waals surface area contributed by atoms with Gasteiger partial charge < -0.3 is 0 Å². The van der Waals surface area contributed by atoms with E-state index in [1.807, 2.05) is 0 Å². The van der Waals surface area contributed by atoms with Gasteiger partial charge in [0.25, 0.3) is 17.4 Å². The summed E-state index contributed by atoms with van der Waals surface area (Å²) >= 11 is 1.17. The van der Waals surface area contributed by atoms with Gasteiger partial charge in [-0.05, 0) is 37.5 Å². The monoisotopic (exact) mass is 397 g/mol. The van der Waals surface area contributed by atoms with E-state index in [1.54, 1.807) is 29.8 Å². The number of amides is 2. The molecule has 0 fully saturated rings. The lowest BCUT2D eigenvalue weighted by Crippen LogP contribution is -2.41. The zero-order valence-electron chi connectivity index (χ0n) is 15.3. The van der Waals surface area contributed by atoms with Gasteiger partial charge in [-0.15, -0.1) is 11.3 Å². The van der Waals surface area contributed by atoms with E-state index < -0.39 is 11.8 Å². The van der Waals surface area contributed by atoms with Gasteiger partial charge in [0.1, 0.15) is 10.7 Å². The van der Waals surface area contributed by atoms with Crippen molar-refractivity contribution < 1.29 is 9.59 Å². The largest absolute Gasteiger partial charge is 0.296 e. The van der Waals surface area contributed by atoms with Crippen molar-refractivity contribution in [2.75, 3.05) is 0 Å². The number of carbonyl (C=O) groups excluding carboxylic acids is 2. The van der Waals surface area contributed by atoms with Crippen molar-refractivity contribution in [2.24, 2.45) is 0 Å². The molecule has 2 amide bonds. The summed E-state index contributed by atoms with van der Waals surface area (Å²) in [4.78, 5) is 47.1. The van der Waals surface area contributed by atoms with Gasteiger partial charge >= 0.3 is 0 Å². The first-order chi connectivity index (χ1) is 13.6. The fourth-order valence-corrected chi connectivity index (χ4v) is 4.45. The van der Waals surface area contributed by atoms with Gasteiger partial charge in [0.05, 0.1) is 15.8 Å². The number of hydrazine groups is 1. The second kappa shape index (κ2) is 7.51. The van der Waals surface area contributed by atoms with Crippen molar-refractivity contribution in [3.05, 3.63) is 56.7 Å². The van der Waals surface area contributed by atoms with Crippen LogP contribution < -0.4 is 16.4 Å². The lowest BCUT2D eigenvalue weighted by Gasteiger charge is -2.08. The van der Waals surface area contributed by atoms with Crippen molar-refractivity contribution >= 4 is 33.4 Å². The topological polar surface area (TPSA) is 106 Å². The Bertz CT molecular complexity index is 1120. The summed E-state index contributed by atoms with van der Waals surface area (Å²) in [6, 6.07) is 3.23. The number of rotatable bonds is 2. The molecule has 4 heterocycles. The van der Waals surface area contributed by atoms with Crippen LogP contribution >= 0.6 is 11.3 Å². The SMILES string of the molecule is Cc1c(C(=O)NNC(=O)c2cccnc2)sc2nc3n(c(=O)c12)CCCCC3. The number of aromatic nitrogens is 3. The molecular weight excluding hydrogens is 378 g/mol. The molecule has 4 rings (SSSR count). The van der Waals surface area contributed by atoms with Crippen LogP contribution in [0.1, 0.15) is 50.7 Å². The molecule has 9 heteroatoms. The molecule has 2 N–H and O–H groups in total. The molecule has 28 heavy (non-hydrogen) atoms. The highest BCUT2D eigenvalue weighted by Crippen LogP contribution is 2.28. The summed E-state index contributed by atoms with van der Waals surface area (Å²) in [6.07, 6.45) is 6.78. The number of aryl methyl sites for hydroxylation is 2. The average molecular weight is 397 g/mol. The minimum atomic E-state index is -0.475. The summed E-state index contributed by atoms with van der Waals surface area (Å²) in [6.45, 7) is 2.40. The molecule has 1 aliphatic rings. The summed E-state index contributed by atoms with van der Waals surface area (Å²) in [5.41, 5.74) is 5.61. The predicted octanol–water partition coefficient (Wildman–Crippen LogP) is 1.96. The molecule has 8 nitrogen and oxygen atoms in total. The molecule has 144 valence electrons. The van der Waals surface area contributed by atoms with Crippen LogP contribution in [0.15, 0.2) is 29.3 Å². The Morgan fingerprint density at radius 1 is 1.18 bits per heavy atom. The van der Waals surface area contributed by atoms with Crippen LogP contribution in [0.4, 0.5) is 0 Å². The zero-order valence-corrected chi connectivity index (χ0v) is 16.1. The van der Waals surface area contributed by atoms with Crippen molar-refractivity contribution in [1.82, 2.24) is 25.4 Å². The summed E-state index contributed by atoms with van der Waals surface area (Å²) in [5, 5.41) is 0.486. The number of carbonyl (C=O) groups is 2. The molecule has 1 aliphatic heterocycles. The smallest absolute Gasteiger partial charge is 0.280 e. The van der Waals surface area contributed by atoms with Crippen LogP contribution in [0.25, 0.3) is 10.2 Å². The molecule has 0 radical (unpaired) electrons. The normalized spacial score (nSPS) is 13.6. The van der Waals surface area contributed by atoms with Gasteiger partial charge in [0.15, 0.2) is 0 Å². The van der Waals surface area contributed by atoms with E-state index in [2.05, 4.69) is 20.8 Å². The molecular formula is C19H19N5O3S. The molecule has 0 aromatic carbocycles. The molecule has 0 aliphatic carbocycles. The second-order valence-corrected chi connectivity index (χ2v) is 7.68. The van der Waals surface area contributed by atoms with Crippen molar-refractivity contribution in [2.45, 2.75) is 39.2 Å². The Hall–Kier alpha value is -3.07. The highest BCUT2D eigenvalue weighted by Gasteiger charge is 2.22. The highest BCUT2D eigenvalue weighted by molar-refractivity contribution is 7.20. The number of hydrogen-bond acceptors (Lipinski definition) is 6. The predicted molar refractivity (Wildman–Crippen MR) is 105 cm³/mol. The fraction of sp³-hybridized carbons (Fsp3) is 0.316. The van der Waals surface area contributed by atoms with Gasteiger partial charge in [0.2, 0.25) is 0 Å². The third kappa shape index (κ3) is 3.29. The number of nitrogens with one attached hydrogen (secondary N) is 2. The summed E-state index contributed by atoms with van der Waals surface area (Å²) in [5.74, 6) is -0.157. The minimum absolute atomic E-state index is 0.0888. The Labute approximate surface area is 164 Å². The van der Waals surface area contributed by atoms with Gasteiger partial charge in [-0.3, -0.25) is 34.8 Å². The summed E-state index contributed by atoms with van der Waals surface area (Å²) in [7, 11) is 0. The van der Waals surface area contributed by atoms with E-state index in [9.17, 15) is 14.4 Å². The molecule has 3 aromatic heterocycles. The van der Waals surface area contributed by atoms with Crippen molar-refractivity contribution in [3.8, 4) is 0 Å². The standard InChI is InChI=1S/C19H19N5O3S/c1-11-14-18(21-13-7-3-2-4-9-24(13)19(14)27)28-15(11)17(26)23-22-16(25)12-6-5-8-20-10-12/h5-6,8,10H,2-4,7,9H2,1H3,(H,22,25)(H,23,26). The van der Waals surface area contributed by atoms with E-state index in [0.29, 0.717) is 32.8 Å². The van der Waals surface area contributed by atoms with Crippen LogP contribution in [0.3, 0.4) is 0 Å². The number of thiophene rings is 1. The van der Waals surface area contributed by atoms with Crippen LogP contribution in [0.5, 0.6) is 0 Å². The van der Waals surface area contributed by atoms with E-state index in [1.165, 1.54) is 17.5 Å². The lowest BCUT2D eigenvalue weighted by molar-refractivity contribution is 0.0848. The van der Waals surface area contributed by atoms with Crippen LogP contribution in [0, 0.1) is 6.92 Å². The third-order valence-electron chi connectivity index (χ3n) is 4.83. The van der Waals surface area contributed by atoms with Gasteiger partial charge in [-0.1, -0.05) is 6.42 Å². The molecule has 0 saturated heterocycles. The molecule has 0 unspecified atom stereocenters. The van der Waals surface area contributed by atoms with Crippen LogP contribution in [0.2, 0.25) is 0 Å². The van der Waals surface area contributed by atoms with Gasteiger partial charge in [0, 0.05) is 25.4 Å². The quantitative estimate of drug-likeness (QED) is 0.643. The first-order valence-corrected chi connectivity index (χ1v) is 9.91. The zero-order chi connectivity index (χ0) is 19.7. The molecule has 0 saturated carbocycles. The highest BCUT2D eigenvalue weighted by atomic mass is 32.1. The molecule has 3 aromatic rings. The summed E-state index contributed by atoms with van der Waals surface area (Å²) < 4.78 is 1.74. The van der Waals surface area contributed by atoms with Gasteiger partial charge in [-0.25, -0.2) is 4.98 Å². The third-order valence-corrected chi connectivity index (χ3v) is 6.02. The average Bonchev–Trinajstić information content (AvgIpc) is 2.88. The first-order valence-electron chi connectivity index (χ1n) is 9.10. The number of hydrogen-bond donors (Lipinski definition) is 2. The van der Waals surface area contributed by atoms with Crippen LogP contribution in [-0.4, -0.2) is 26.3 Å². The van der Waals surface area contributed by atoms with E-state index in [0.717, 1.165) is 31.5 Å². The molecule has 0 atom stereocenters. The Morgan fingerprint density at radius 2 is 2.00 bits per heavy atom. The number of nitrogens with zero attached hydrogens (tertiary/aromatic N) is 3. The number of pyridine rings is 1. The maximum atomic E-state index is 13.0. The first kappa shape index (κ1) is 18.3. The molecule has 0 bridgehead atoms. The number of fused-ring (bicyclic) bond motifs is 2. The Kier molecular flexibility index (Phi) is 4.91. The minimum Gasteiger partial charge on any atom is -0.296 e. The fourth-order valence-electron chi connectivity index (χ4n) is 3.37. The van der Waals surface area contributed by atoms with Crippen molar-refractivity contribution in [3.63, 3.8) is 0 Å². The van der Waals surface area contributed by atoms with Crippen LogP contribution in [-0.2, 0) is 13.0 Å². The lowest BCUT2D eigenvalue weighted by atomic mass is 10.2. The Balaban J connectivity index is 1.61. The van der Waals surface area contributed by atoms with E-state index in [4.69, 9.17) is 0 Å².